The van der Waals surface area contributed by atoms with Gasteiger partial charge in [-0.3, -0.25) is 0 Å². The fourth-order valence-corrected chi connectivity index (χ4v) is 0.877. The highest BCUT2D eigenvalue weighted by Gasteiger charge is 1.96. The van der Waals surface area contributed by atoms with Crippen molar-refractivity contribution in [3.05, 3.63) is 12.7 Å². The Morgan fingerprint density at radius 2 is 2.33 bits per heavy atom. The van der Waals surface area contributed by atoms with Crippen LogP contribution in [-0.4, -0.2) is 37.5 Å². The van der Waals surface area contributed by atoms with Gasteiger partial charge >= 0.3 is 0 Å². The van der Waals surface area contributed by atoms with E-state index < -0.39 is 0 Å². The second-order valence-electron chi connectivity index (χ2n) is 2.72. The third-order valence-corrected chi connectivity index (χ3v) is 1.50. The van der Waals surface area contributed by atoms with Gasteiger partial charge in [-0.25, -0.2) is 0 Å². The minimum absolute atomic E-state index is 0.0994. The number of hydrogen-bond acceptors (Lipinski definition) is 3. The molecule has 0 saturated heterocycles. The average molecular weight is 173 g/mol. The van der Waals surface area contributed by atoms with Crippen LogP contribution in [0.15, 0.2) is 12.7 Å². The monoisotopic (exact) mass is 173 g/mol. The molecule has 0 aromatic carbocycles. The van der Waals surface area contributed by atoms with E-state index in [0.29, 0.717) is 19.3 Å². The number of aliphatic hydroxyl groups is 1. The van der Waals surface area contributed by atoms with Gasteiger partial charge in [-0.15, -0.1) is 6.58 Å². The van der Waals surface area contributed by atoms with Crippen LogP contribution in [0.2, 0.25) is 0 Å². The third kappa shape index (κ3) is 7.72. The zero-order valence-electron chi connectivity index (χ0n) is 7.75. The standard InChI is InChI=1S/C9H19NO2/c1-3-4-9(2)10-5-7-12-8-6-11/h3,9-11H,1,4-8H2,2H3. The van der Waals surface area contributed by atoms with Crippen LogP contribution < -0.4 is 5.32 Å². The summed E-state index contributed by atoms with van der Waals surface area (Å²) in [5.41, 5.74) is 0. The van der Waals surface area contributed by atoms with Crippen LogP contribution >= 0.6 is 0 Å². The molecule has 0 aromatic heterocycles. The smallest absolute Gasteiger partial charge is 0.0698 e. The molecule has 0 heterocycles. The Balaban J connectivity index is 3.02. The molecule has 1 atom stereocenters. The van der Waals surface area contributed by atoms with E-state index in [0.717, 1.165) is 13.0 Å². The summed E-state index contributed by atoms with van der Waals surface area (Å²) in [5, 5.41) is 11.7. The maximum absolute atomic E-state index is 8.40. The molecule has 0 aromatic rings. The molecule has 1 unspecified atom stereocenters. The largest absolute Gasteiger partial charge is 0.394 e. The maximum atomic E-state index is 8.40. The van der Waals surface area contributed by atoms with Crippen molar-refractivity contribution in [1.29, 1.82) is 0 Å². The summed E-state index contributed by atoms with van der Waals surface area (Å²) in [6.07, 6.45) is 2.87. The second kappa shape index (κ2) is 8.71. The van der Waals surface area contributed by atoms with E-state index in [4.69, 9.17) is 9.84 Å². The highest BCUT2D eigenvalue weighted by atomic mass is 16.5. The zero-order chi connectivity index (χ0) is 9.23. The number of ether oxygens (including phenoxy) is 1. The molecule has 2 N–H and O–H groups in total. The highest BCUT2D eigenvalue weighted by molar-refractivity contribution is 4.74. The van der Waals surface area contributed by atoms with Gasteiger partial charge in [0, 0.05) is 12.6 Å². The van der Waals surface area contributed by atoms with Crippen molar-refractivity contribution in [2.45, 2.75) is 19.4 Å². The van der Waals surface area contributed by atoms with Crippen LogP contribution in [-0.2, 0) is 4.74 Å². The van der Waals surface area contributed by atoms with Crippen molar-refractivity contribution in [2.75, 3.05) is 26.4 Å². The number of rotatable bonds is 8. The van der Waals surface area contributed by atoms with Crippen molar-refractivity contribution in [3.8, 4) is 0 Å². The summed E-state index contributed by atoms with van der Waals surface area (Å²) >= 11 is 0. The number of aliphatic hydroxyl groups excluding tert-OH is 1. The molecular formula is C9H19NO2. The number of hydrogen-bond donors (Lipinski definition) is 2. The summed E-state index contributed by atoms with van der Waals surface area (Å²) in [6, 6.07) is 0.459. The molecule has 0 spiro atoms. The number of nitrogens with one attached hydrogen (secondary N) is 1. The molecule has 0 amide bonds. The lowest BCUT2D eigenvalue weighted by molar-refractivity contribution is 0.0929. The Morgan fingerprint density at radius 3 is 2.92 bits per heavy atom. The van der Waals surface area contributed by atoms with E-state index in [1.54, 1.807) is 0 Å². The zero-order valence-corrected chi connectivity index (χ0v) is 7.75. The van der Waals surface area contributed by atoms with E-state index in [-0.39, 0.29) is 6.61 Å². The van der Waals surface area contributed by atoms with Gasteiger partial charge in [0.2, 0.25) is 0 Å². The molecule has 72 valence electrons. The summed E-state index contributed by atoms with van der Waals surface area (Å²) in [6.45, 7) is 7.77. The minimum Gasteiger partial charge on any atom is -0.394 e. The second-order valence-corrected chi connectivity index (χ2v) is 2.72. The van der Waals surface area contributed by atoms with Crippen molar-refractivity contribution < 1.29 is 9.84 Å². The Hall–Kier alpha value is -0.380. The molecule has 3 heteroatoms. The third-order valence-electron chi connectivity index (χ3n) is 1.50. The molecule has 0 saturated carbocycles. The maximum Gasteiger partial charge on any atom is 0.0698 e. The van der Waals surface area contributed by atoms with Gasteiger partial charge in [-0.1, -0.05) is 6.08 Å². The van der Waals surface area contributed by atoms with E-state index in [1.165, 1.54) is 0 Å². The molecular weight excluding hydrogens is 154 g/mol. The summed E-state index contributed by atoms with van der Waals surface area (Å²) in [7, 11) is 0. The molecule has 0 radical (unpaired) electrons. The van der Waals surface area contributed by atoms with Gasteiger partial charge in [0.05, 0.1) is 19.8 Å². The molecule has 0 aliphatic carbocycles. The molecule has 12 heavy (non-hydrogen) atoms. The van der Waals surface area contributed by atoms with Gasteiger partial charge in [-0.2, -0.15) is 0 Å². The van der Waals surface area contributed by atoms with Crippen molar-refractivity contribution in [3.63, 3.8) is 0 Å². The topological polar surface area (TPSA) is 41.5 Å². The van der Waals surface area contributed by atoms with Crippen LogP contribution in [0, 0.1) is 0 Å². The van der Waals surface area contributed by atoms with Gasteiger partial charge < -0.3 is 15.2 Å². The lowest BCUT2D eigenvalue weighted by atomic mass is 10.2. The van der Waals surface area contributed by atoms with Gasteiger partial charge in [0.15, 0.2) is 0 Å². The quantitative estimate of drug-likeness (QED) is 0.416. The van der Waals surface area contributed by atoms with E-state index in [2.05, 4.69) is 18.8 Å². The SMILES string of the molecule is C=CCC(C)NCCOCCO. The Morgan fingerprint density at radius 1 is 1.58 bits per heavy atom. The first-order valence-electron chi connectivity index (χ1n) is 4.34. The summed E-state index contributed by atoms with van der Waals surface area (Å²) < 4.78 is 5.07. The average Bonchev–Trinajstić information content (AvgIpc) is 2.05. The van der Waals surface area contributed by atoms with Gasteiger partial charge in [0.1, 0.15) is 0 Å². The van der Waals surface area contributed by atoms with E-state index in [1.807, 2.05) is 6.08 Å². The summed E-state index contributed by atoms with van der Waals surface area (Å²) in [5.74, 6) is 0. The van der Waals surface area contributed by atoms with Crippen molar-refractivity contribution in [1.82, 2.24) is 5.32 Å². The first-order valence-corrected chi connectivity index (χ1v) is 4.34. The Kier molecular flexibility index (Phi) is 8.44. The van der Waals surface area contributed by atoms with Crippen LogP contribution in [0.5, 0.6) is 0 Å². The van der Waals surface area contributed by atoms with Gasteiger partial charge in [-0.05, 0) is 13.3 Å². The lowest BCUT2D eigenvalue weighted by Crippen LogP contribution is -2.29. The molecule has 0 rings (SSSR count). The molecule has 3 nitrogen and oxygen atoms in total. The van der Waals surface area contributed by atoms with Gasteiger partial charge in [0.25, 0.3) is 0 Å². The normalized spacial score (nSPS) is 12.8. The minimum atomic E-state index is 0.0994. The van der Waals surface area contributed by atoms with E-state index >= 15 is 0 Å². The molecule has 0 aliphatic rings. The Bertz CT molecular complexity index is 107. The lowest BCUT2D eigenvalue weighted by Gasteiger charge is -2.10. The van der Waals surface area contributed by atoms with Crippen LogP contribution in [0.25, 0.3) is 0 Å². The first-order chi connectivity index (χ1) is 5.81. The summed E-state index contributed by atoms with van der Waals surface area (Å²) in [4.78, 5) is 0. The van der Waals surface area contributed by atoms with Crippen molar-refractivity contribution in [2.24, 2.45) is 0 Å². The predicted octanol–water partition coefficient (Wildman–Crippen LogP) is 0.549. The fraction of sp³-hybridized carbons (Fsp3) is 0.778. The van der Waals surface area contributed by atoms with Crippen molar-refractivity contribution >= 4 is 0 Å². The van der Waals surface area contributed by atoms with Crippen LogP contribution in [0.1, 0.15) is 13.3 Å². The molecule has 0 fully saturated rings. The first kappa shape index (κ1) is 11.6. The predicted molar refractivity (Wildman–Crippen MR) is 50.2 cm³/mol. The Labute approximate surface area is 74.4 Å². The fourth-order valence-electron chi connectivity index (χ4n) is 0.877. The molecule has 0 aliphatic heterocycles. The highest BCUT2D eigenvalue weighted by Crippen LogP contribution is 1.89. The van der Waals surface area contributed by atoms with E-state index in [9.17, 15) is 0 Å². The molecule has 0 bridgehead atoms. The van der Waals surface area contributed by atoms with Crippen LogP contribution in [0.4, 0.5) is 0 Å². The van der Waals surface area contributed by atoms with Crippen LogP contribution in [0.3, 0.4) is 0 Å².